The highest BCUT2D eigenvalue weighted by molar-refractivity contribution is 9.10. The van der Waals surface area contributed by atoms with Crippen LogP contribution in [0.5, 0.6) is 0 Å². The van der Waals surface area contributed by atoms with Crippen molar-refractivity contribution in [1.29, 1.82) is 0 Å². The standard InChI is InChI=1S/C18H13BrN2O3S/c19-14-5-1-12(2-6-14)13-3-7-15(8-4-13)25(24)16-9-10-17(20)18(11-16)21(22)23/h1-11H,20H2. The molecule has 0 aromatic heterocycles. The third-order valence-corrected chi connectivity index (χ3v) is 5.57. The maximum atomic E-state index is 12.7. The number of nitrogens with zero attached hydrogens (tertiary/aromatic N) is 1. The molecule has 7 heteroatoms. The Morgan fingerprint density at radius 3 is 1.96 bits per heavy atom. The first kappa shape index (κ1) is 17.3. The fraction of sp³-hybridized carbons (Fsp3) is 0. The number of hydrogen-bond donors (Lipinski definition) is 1. The third-order valence-electron chi connectivity index (χ3n) is 3.66. The highest BCUT2D eigenvalue weighted by atomic mass is 79.9. The van der Waals surface area contributed by atoms with Gasteiger partial charge in [0, 0.05) is 15.4 Å². The first-order valence-corrected chi connectivity index (χ1v) is 9.21. The lowest BCUT2D eigenvalue weighted by atomic mass is 10.1. The lowest BCUT2D eigenvalue weighted by Crippen LogP contribution is -1.99. The van der Waals surface area contributed by atoms with Crippen LogP contribution in [0.15, 0.2) is 81.0 Å². The van der Waals surface area contributed by atoms with Crippen molar-refractivity contribution in [3.8, 4) is 11.1 Å². The van der Waals surface area contributed by atoms with Gasteiger partial charge >= 0.3 is 0 Å². The van der Waals surface area contributed by atoms with Gasteiger partial charge in [-0.1, -0.05) is 40.2 Å². The van der Waals surface area contributed by atoms with Crippen LogP contribution in [0.3, 0.4) is 0 Å². The lowest BCUT2D eigenvalue weighted by Gasteiger charge is -2.06. The molecule has 1 atom stereocenters. The normalized spacial score (nSPS) is 11.9. The first-order valence-electron chi connectivity index (χ1n) is 7.27. The van der Waals surface area contributed by atoms with Crippen LogP contribution < -0.4 is 5.73 Å². The topological polar surface area (TPSA) is 86.2 Å². The minimum Gasteiger partial charge on any atom is -0.393 e. The highest BCUT2D eigenvalue weighted by Gasteiger charge is 2.16. The van der Waals surface area contributed by atoms with E-state index in [9.17, 15) is 14.3 Å². The number of halogens is 1. The van der Waals surface area contributed by atoms with E-state index >= 15 is 0 Å². The Bertz CT molecular complexity index is 957. The number of nitrogen functional groups attached to an aromatic ring is 1. The average Bonchev–Trinajstić information content (AvgIpc) is 2.62. The number of nitrogens with two attached hydrogens (primary N) is 1. The number of nitro benzene ring substituents is 1. The summed E-state index contributed by atoms with van der Waals surface area (Å²) in [7, 11) is -1.52. The molecule has 0 amide bonds. The van der Waals surface area contributed by atoms with Crippen LogP contribution in [0, 0.1) is 10.1 Å². The van der Waals surface area contributed by atoms with E-state index in [2.05, 4.69) is 15.9 Å². The molecule has 3 rings (SSSR count). The van der Waals surface area contributed by atoms with Gasteiger partial charge in [0.25, 0.3) is 5.69 Å². The van der Waals surface area contributed by atoms with E-state index in [-0.39, 0.29) is 11.4 Å². The van der Waals surface area contributed by atoms with Crippen LogP contribution in [0.2, 0.25) is 0 Å². The van der Waals surface area contributed by atoms with E-state index in [0.29, 0.717) is 9.79 Å². The average molecular weight is 417 g/mol. The van der Waals surface area contributed by atoms with Gasteiger partial charge in [-0.15, -0.1) is 0 Å². The van der Waals surface area contributed by atoms with Crippen LogP contribution in [0.1, 0.15) is 0 Å². The zero-order chi connectivity index (χ0) is 18.0. The van der Waals surface area contributed by atoms with Gasteiger partial charge < -0.3 is 5.73 Å². The molecule has 1 unspecified atom stereocenters. The number of nitro groups is 1. The minimum absolute atomic E-state index is 0.0522. The van der Waals surface area contributed by atoms with Crippen molar-refractivity contribution in [3.05, 3.63) is 81.3 Å². The Kier molecular flexibility index (Phi) is 4.96. The summed E-state index contributed by atoms with van der Waals surface area (Å²) in [5.74, 6) is 0. The smallest absolute Gasteiger partial charge is 0.293 e. The molecule has 3 aromatic rings. The molecule has 0 saturated carbocycles. The Balaban J connectivity index is 1.89. The monoisotopic (exact) mass is 416 g/mol. The van der Waals surface area contributed by atoms with Crippen LogP contribution in [0.4, 0.5) is 11.4 Å². The minimum atomic E-state index is -1.52. The van der Waals surface area contributed by atoms with Gasteiger partial charge in [0.2, 0.25) is 0 Å². The van der Waals surface area contributed by atoms with Crippen molar-refractivity contribution in [1.82, 2.24) is 0 Å². The van der Waals surface area contributed by atoms with E-state index in [0.717, 1.165) is 15.6 Å². The second kappa shape index (κ2) is 7.16. The summed E-state index contributed by atoms with van der Waals surface area (Å²) in [6, 6.07) is 19.4. The van der Waals surface area contributed by atoms with Gasteiger partial charge in [-0.25, -0.2) is 4.21 Å². The van der Waals surface area contributed by atoms with Crippen LogP contribution in [-0.2, 0) is 10.8 Å². The largest absolute Gasteiger partial charge is 0.393 e. The quantitative estimate of drug-likeness (QED) is 0.376. The van der Waals surface area contributed by atoms with Gasteiger partial charge in [0.15, 0.2) is 0 Å². The second-order valence-electron chi connectivity index (χ2n) is 5.28. The zero-order valence-electron chi connectivity index (χ0n) is 12.9. The molecule has 126 valence electrons. The predicted octanol–water partition coefficient (Wildman–Crippen LogP) is 4.77. The van der Waals surface area contributed by atoms with E-state index in [1.807, 2.05) is 36.4 Å². The Morgan fingerprint density at radius 2 is 1.40 bits per heavy atom. The SMILES string of the molecule is Nc1ccc(S(=O)c2ccc(-c3ccc(Br)cc3)cc2)cc1[N+](=O)[O-]. The number of hydrogen-bond acceptors (Lipinski definition) is 4. The molecule has 25 heavy (non-hydrogen) atoms. The predicted molar refractivity (Wildman–Crippen MR) is 102 cm³/mol. The summed E-state index contributed by atoms with van der Waals surface area (Å²) in [4.78, 5) is 11.3. The summed E-state index contributed by atoms with van der Waals surface area (Å²) in [5.41, 5.74) is 7.44. The summed E-state index contributed by atoms with van der Waals surface area (Å²) in [6.07, 6.45) is 0. The van der Waals surface area contributed by atoms with Crippen molar-refractivity contribution in [2.24, 2.45) is 0 Å². The van der Waals surface area contributed by atoms with Gasteiger partial charge in [-0.2, -0.15) is 0 Å². The molecule has 0 radical (unpaired) electrons. The Labute approximate surface area is 155 Å². The number of rotatable bonds is 4. The second-order valence-corrected chi connectivity index (χ2v) is 7.67. The molecule has 0 heterocycles. The molecular weight excluding hydrogens is 404 g/mol. The van der Waals surface area contributed by atoms with Crippen molar-refractivity contribution in [2.45, 2.75) is 9.79 Å². The van der Waals surface area contributed by atoms with Crippen molar-refractivity contribution in [3.63, 3.8) is 0 Å². The molecule has 0 spiro atoms. The van der Waals surface area contributed by atoms with Crippen LogP contribution in [-0.4, -0.2) is 9.13 Å². The van der Waals surface area contributed by atoms with Crippen LogP contribution in [0.25, 0.3) is 11.1 Å². The number of anilines is 1. The van der Waals surface area contributed by atoms with E-state index in [1.54, 1.807) is 18.2 Å². The maximum Gasteiger partial charge on any atom is 0.293 e. The Hall–Kier alpha value is -2.51. The van der Waals surface area contributed by atoms with Gasteiger partial charge in [-0.05, 0) is 47.5 Å². The molecule has 0 bridgehead atoms. The van der Waals surface area contributed by atoms with E-state index in [4.69, 9.17) is 5.73 Å². The highest BCUT2D eigenvalue weighted by Crippen LogP contribution is 2.28. The molecule has 0 aliphatic heterocycles. The summed E-state index contributed by atoms with van der Waals surface area (Å²) >= 11 is 3.40. The van der Waals surface area contributed by atoms with Crippen molar-refractivity contribution >= 4 is 38.1 Å². The van der Waals surface area contributed by atoms with Crippen molar-refractivity contribution in [2.75, 3.05) is 5.73 Å². The zero-order valence-corrected chi connectivity index (χ0v) is 15.3. The number of benzene rings is 3. The Morgan fingerprint density at radius 1 is 0.880 bits per heavy atom. The molecule has 0 saturated heterocycles. The maximum absolute atomic E-state index is 12.7. The van der Waals surface area contributed by atoms with Crippen LogP contribution >= 0.6 is 15.9 Å². The van der Waals surface area contributed by atoms with Gasteiger partial charge in [0.05, 0.1) is 20.6 Å². The molecular formula is C18H13BrN2O3S. The van der Waals surface area contributed by atoms with Crippen molar-refractivity contribution < 1.29 is 9.13 Å². The van der Waals surface area contributed by atoms with Gasteiger partial charge in [0.1, 0.15) is 5.69 Å². The van der Waals surface area contributed by atoms with E-state index in [1.165, 1.54) is 12.1 Å². The summed E-state index contributed by atoms with van der Waals surface area (Å²) < 4.78 is 13.7. The summed E-state index contributed by atoms with van der Waals surface area (Å²) in [5, 5.41) is 11.0. The molecule has 3 aromatic carbocycles. The fourth-order valence-electron chi connectivity index (χ4n) is 2.35. The third kappa shape index (κ3) is 3.78. The fourth-order valence-corrected chi connectivity index (χ4v) is 3.68. The lowest BCUT2D eigenvalue weighted by molar-refractivity contribution is -0.384. The van der Waals surface area contributed by atoms with E-state index < -0.39 is 15.7 Å². The summed E-state index contributed by atoms with van der Waals surface area (Å²) in [6.45, 7) is 0. The molecule has 0 aliphatic carbocycles. The molecule has 5 nitrogen and oxygen atoms in total. The molecule has 2 N–H and O–H groups in total. The molecule has 0 fully saturated rings. The molecule has 0 aliphatic rings. The van der Waals surface area contributed by atoms with Gasteiger partial charge in [-0.3, -0.25) is 10.1 Å². The first-order chi connectivity index (χ1) is 12.0.